The van der Waals surface area contributed by atoms with Crippen molar-refractivity contribution >= 4 is 17.6 Å². The third-order valence-corrected chi connectivity index (χ3v) is 4.06. The van der Waals surface area contributed by atoms with Crippen molar-refractivity contribution in [3.63, 3.8) is 0 Å². The molecule has 2 N–H and O–H groups in total. The van der Waals surface area contributed by atoms with Crippen LogP contribution in [0.4, 0.5) is 5.69 Å². The van der Waals surface area contributed by atoms with E-state index in [0.717, 1.165) is 19.4 Å². The fraction of sp³-hybridized carbons (Fsp3) is 0.467. The molecule has 1 aromatic rings. The van der Waals surface area contributed by atoms with Gasteiger partial charge in [0.1, 0.15) is 0 Å². The average molecular weight is 276 g/mol. The van der Waals surface area contributed by atoms with Crippen LogP contribution >= 0.6 is 0 Å². The van der Waals surface area contributed by atoms with E-state index in [-0.39, 0.29) is 11.5 Å². The molecule has 0 radical (unpaired) electrons. The Bertz CT molecular complexity index is 522. The second-order valence-corrected chi connectivity index (χ2v) is 5.15. The van der Waals surface area contributed by atoms with Crippen LogP contribution in [0.25, 0.3) is 0 Å². The molecule has 5 nitrogen and oxygen atoms in total. The maximum Gasteiger partial charge on any atom is 0.337 e. The van der Waals surface area contributed by atoms with Crippen molar-refractivity contribution < 1.29 is 14.7 Å². The van der Waals surface area contributed by atoms with Gasteiger partial charge in [0.15, 0.2) is 0 Å². The molecule has 5 heteroatoms. The van der Waals surface area contributed by atoms with Gasteiger partial charge in [0.05, 0.1) is 16.8 Å². The predicted molar refractivity (Wildman–Crippen MR) is 77.1 cm³/mol. The molecule has 1 aliphatic heterocycles. The van der Waals surface area contributed by atoms with Crippen LogP contribution in [-0.2, 0) is 4.79 Å². The van der Waals surface area contributed by atoms with Gasteiger partial charge in [-0.2, -0.15) is 0 Å². The Labute approximate surface area is 118 Å². The maximum absolute atomic E-state index is 12.7. The van der Waals surface area contributed by atoms with E-state index < -0.39 is 11.5 Å². The summed E-state index contributed by atoms with van der Waals surface area (Å²) in [6.07, 6.45) is 2.46. The van der Waals surface area contributed by atoms with E-state index in [9.17, 15) is 14.7 Å². The van der Waals surface area contributed by atoms with Crippen LogP contribution in [0.15, 0.2) is 24.3 Å². The number of carbonyl (C=O) groups excluding carboxylic acids is 1. The van der Waals surface area contributed by atoms with Gasteiger partial charge in [-0.25, -0.2) is 4.79 Å². The van der Waals surface area contributed by atoms with Gasteiger partial charge in [0, 0.05) is 7.05 Å². The van der Waals surface area contributed by atoms with Crippen LogP contribution in [0, 0.1) is 0 Å². The molecule has 1 amide bonds. The molecule has 1 saturated heterocycles. The second kappa shape index (κ2) is 5.63. The third kappa shape index (κ3) is 2.41. The summed E-state index contributed by atoms with van der Waals surface area (Å²) >= 11 is 0. The number of rotatable bonds is 4. The minimum Gasteiger partial charge on any atom is -0.478 e. The fourth-order valence-electron chi connectivity index (χ4n) is 2.82. The smallest absolute Gasteiger partial charge is 0.337 e. The number of hydrogen-bond donors (Lipinski definition) is 2. The van der Waals surface area contributed by atoms with Gasteiger partial charge >= 0.3 is 5.97 Å². The summed E-state index contributed by atoms with van der Waals surface area (Å²) in [6.45, 7) is 2.81. The Kier molecular flexibility index (Phi) is 4.09. The number of aromatic carboxylic acids is 1. The molecule has 1 fully saturated rings. The summed E-state index contributed by atoms with van der Waals surface area (Å²) in [4.78, 5) is 25.5. The lowest BCUT2D eigenvalue weighted by molar-refractivity contribution is -0.124. The number of para-hydroxylation sites is 1. The third-order valence-electron chi connectivity index (χ3n) is 4.06. The van der Waals surface area contributed by atoms with Crippen molar-refractivity contribution in [2.75, 3.05) is 18.5 Å². The van der Waals surface area contributed by atoms with Crippen LogP contribution in [0.2, 0.25) is 0 Å². The molecule has 1 atom stereocenters. The number of benzene rings is 1. The summed E-state index contributed by atoms with van der Waals surface area (Å²) in [6, 6.07) is 6.59. The minimum absolute atomic E-state index is 0.0637. The molecule has 2 rings (SSSR count). The number of carbonyl (C=O) groups is 2. The highest BCUT2D eigenvalue weighted by Gasteiger charge is 2.41. The van der Waals surface area contributed by atoms with Gasteiger partial charge in [-0.15, -0.1) is 0 Å². The average Bonchev–Trinajstić information content (AvgIpc) is 2.95. The zero-order chi connectivity index (χ0) is 14.8. The SMILES string of the molecule is CCC1(C(=O)N(C)c2ccccc2C(=O)O)CCCN1. The Balaban J connectivity index is 2.34. The van der Waals surface area contributed by atoms with E-state index in [2.05, 4.69) is 5.32 Å². The first-order valence-electron chi connectivity index (χ1n) is 6.87. The molecule has 1 unspecified atom stereocenters. The van der Waals surface area contributed by atoms with Crippen molar-refractivity contribution in [2.45, 2.75) is 31.7 Å². The summed E-state index contributed by atoms with van der Waals surface area (Å²) < 4.78 is 0. The Morgan fingerprint density at radius 1 is 1.40 bits per heavy atom. The molecule has 108 valence electrons. The minimum atomic E-state index is -1.02. The summed E-state index contributed by atoms with van der Waals surface area (Å²) in [7, 11) is 1.64. The Morgan fingerprint density at radius 3 is 2.65 bits per heavy atom. The Morgan fingerprint density at radius 2 is 2.10 bits per heavy atom. The maximum atomic E-state index is 12.7. The van der Waals surface area contributed by atoms with Gasteiger partial charge in [0.25, 0.3) is 0 Å². The zero-order valence-electron chi connectivity index (χ0n) is 11.8. The number of likely N-dealkylation sites (N-methyl/N-ethyl adjacent to an activating group) is 1. The highest BCUT2D eigenvalue weighted by Crippen LogP contribution is 2.28. The fourth-order valence-corrected chi connectivity index (χ4v) is 2.82. The van der Waals surface area contributed by atoms with Gasteiger partial charge in [0.2, 0.25) is 5.91 Å². The van der Waals surface area contributed by atoms with Gasteiger partial charge in [-0.3, -0.25) is 4.79 Å². The van der Waals surface area contributed by atoms with Gasteiger partial charge < -0.3 is 15.3 Å². The molecule has 0 aliphatic carbocycles. The predicted octanol–water partition coefficient (Wildman–Crippen LogP) is 1.88. The van der Waals surface area contributed by atoms with Crippen LogP contribution in [0.5, 0.6) is 0 Å². The van der Waals surface area contributed by atoms with E-state index in [0.29, 0.717) is 12.1 Å². The molecular weight excluding hydrogens is 256 g/mol. The summed E-state index contributed by atoms with van der Waals surface area (Å²) in [5, 5.41) is 12.5. The largest absolute Gasteiger partial charge is 0.478 e. The first-order valence-corrected chi connectivity index (χ1v) is 6.87. The molecule has 0 spiro atoms. The van der Waals surface area contributed by atoms with Gasteiger partial charge in [-0.1, -0.05) is 19.1 Å². The topological polar surface area (TPSA) is 69.6 Å². The van der Waals surface area contributed by atoms with Crippen LogP contribution in [0.3, 0.4) is 0 Å². The van der Waals surface area contributed by atoms with E-state index in [1.54, 1.807) is 25.2 Å². The number of nitrogens with one attached hydrogen (secondary N) is 1. The monoisotopic (exact) mass is 276 g/mol. The summed E-state index contributed by atoms with van der Waals surface area (Å²) in [5.41, 5.74) is 0.0273. The lowest BCUT2D eigenvalue weighted by Crippen LogP contribution is -2.54. The van der Waals surface area contributed by atoms with Gasteiger partial charge in [-0.05, 0) is 37.9 Å². The normalized spacial score (nSPS) is 21.7. The molecule has 20 heavy (non-hydrogen) atoms. The van der Waals surface area contributed by atoms with Crippen LogP contribution in [0.1, 0.15) is 36.5 Å². The van der Waals surface area contributed by atoms with Crippen molar-refractivity contribution in [2.24, 2.45) is 0 Å². The number of carboxylic acid groups (broad SMARTS) is 1. The molecule has 1 aliphatic rings. The number of carboxylic acids is 1. The quantitative estimate of drug-likeness (QED) is 0.881. The van der Waals surface area contributed by atoms with E-state index in [1.165, 1.54) is 11.0 Å². The van der Waals surface area contributed by atoms with E-state index >= 15 is 0 Å². The number of amides is 1. The van der Waals surface area contributed by atoms with Crippen molar-refractivity contribution in [3.8, 4) is 0 Å². The molecule has 0 aromatic heterocycles. The lowest BCUT2D eigenvalue weighted by atomic mass is 9.92. The first kappa shape index (κ1) is 14.5. The lowest BCUT2D eigenvalue weighted by Gasteiger charge is -2.32. The second-order valence-electron chi connectivity index (χ2n) is 5.15. The highest BCUT2D eigenvalue weighted by molar-refractivity contribution is 6.05. The molecular formula is C15H20N2O3. The van der Waals surface area contributed by atoms with E-state index in [4.69, 9.17) is 0 Å². The highest BCUT2D eigenvalue weighted by atomic mass is 16.4. The number of anilines is 1. The molecule has 0 saturated carbocycles. The molecule has 0 bridgehead atoms. The molecule has 1 heterocycles. The first-order chi connectivity index (χ1) is 9.52. The van der Waals surface area contributed by atoms with Crippen LogP contribution in [-0.4, -0.2) is 36.1 Å². The Hall–Kier alpha value is -1.88. The van der Waals surface area contributed by atoms with Crippen LogP contribution < -0.4 is 10.2 Å². The summed E-state index contributed by atoms with van der Waals surface area (Å²) in [5.74, 6) is -1.09. The van der Waals surface area contributed by atoms with Crippen molar-refractivity contribution in [3.05, 3.63) is 29.8 Å². The molecule has 1 aromatic carbocycles. The zero-order valence-corrected chi connectivity index (χ0v) is 11.8. The van der Waals surface area contributed by atoms with E-state index in [1.807, 2.05) is 6.92 Å². The standard InChI is InChI=1S/C15H20N2O3/c1-3-15(9-6-10-16-15)14(20)17(2)12-8-5-4-7-11(12)13(18)19/h4-5,7-8,16H,3,6,9-10H2,1-2H3,(H,18,19). The van der Waals surface area contributed by atoms with Crippen molar-refractivity contribution in [1.29, 1.82) is 0 Å². The van der Waals surface area contributed by atoms with Crippen molar-refractivity contribution in [1.82, 2.24) is 5.32 Å². The number of hydrogen-bond acceptors (Lipinski definition) is 3. The number of nitrogens with zero attached hydrogens (tertiary/aromatic N) is 1.